The molecule has 0 bridgehead atoms. The zero-order valence-corrected chi connectivity index (χ0v) is 7.72. The van der Waals surface area contributed by atoms with Crippen LogP contribution in [0.1, 0.15) is 35.7 Å². The van der Waals surface area contributed by atoms with Gasteiger partial charge in [-0.15, -0.1) is 0 Å². The molecule has 2 heteroatoms. The zero-order valence-electron chi connectivity index (χ0n) is 7.72. The number of aryl methyl sites for hydroxylation is 1. The first-order valence-electron chi connectivity index (χ1n) is 4.51. The monoisotopic (exact) mass is 180 g/mol. The van der Waals surface area contributed by atoms with Crippen LogP contribution in [0, 0.1) is 5.82 Å². The van der Waals surface area contributed by atoms with Gasteiger partial charge in [0, 0.05) is 0 Å². The number of hydrogen-bond acceptors (Lipinski definition) is 1. The first kappa shape index (κ1) is 9.90. The van der Waals surface area contributed by atoms with Crippen LogP contribution in [0.25, 0.3) is 0 Å². The molecule has 1 aromatic carbocycles. The lowest BCUT2D eigenvalue weighted by Gasteiger charge is -2.00. The molecule has 0 fully saturated rings. The van der Waals surface area contributed by atoms with Gasteiger partial charge in [-0.25, -0.2) is 4.39 Å². The summed E-state index contributed by atoms with van der Waals surface area (Å²) < 4.78 is 13.0. The van der Waals surface area contributed by atoms with E-state index in [1.165, 1.54) is 12.1 Å². The Morgan fingerprint density at radius 1 is 1.46 bits per heavy atom. The molecular formula is C11H13FO. The second-order valence-corrected chi connectivity index (χ2v) is 3.08. The van der Waals surface area contributed by atoms with Gasteiger partial charge >= 0.3 is 0 Å². The standard InChI is InChI=1S/C11H13FO/c1-2-3-4-9-5-6-10(8-13)11(12)7-9/h5-8H,2-4H2,1H3. The molecule has 1 aromatic rings. The highest BCUT2D eigenvalue weighted by Gasteiger charge is 2.01. The van der Waals surface area contributed by atoms with E-state index in [2.05, 4.69) is 6.92 Å². The van der Waals surface area contributed by atoms with E-state index in [0.29, 0.717) is 6.29 Å². The van der Waals surface area contributed by atoms with Crippen LogP contribution in [0.5, 0.6) is 0 Å². The van der Waals surface area contributed by atoms with Crippen molar-refractivity contribution >= 4 is 6.29 Å². The van der Waals surface area contributed by atoms with E-state index in [-0.39, 0.29) is 5.56 Å². The first-order valence-corrected chi connectivity index (χ1v) is 4.51. The Kier molecular flexibility index (Phi) is 3.62. The Balaban J connectivity index is 2.77. The minimum Gasteiger partial charge on any atom is -0.298 e. The Morgan fingerprint density at radius 2 is 2.23 bits per heavy atom. The predicted molar refractivity (Wildman–Crippen MR) is 50.4 cm³/mol. The molecule has 0 saturated carbocycles. The van der Waals surface area contributed by atoms with Crippen LogP contribution < -0.4 is 0 Å². The number of hydrogen-bond donors (Lipinski definition) is 0. The number of carbonyl (C=O) groups excluding carboxylic acids is 1. The van der Waals surface area contributed by atoms with Crippen molar-refractivity contribution in [2.24, 2.45) is 0 Å². The van der Waals surface area contributed by atoms with E-state index in [9.17, 15) is 9.18 Å². The van der Waals surface area contributed by atoms with Crippen molar-refractivity contribution in [3.63, 3.8) is 0 Å². The lowest BCUT2D eigenvalue weighted by Crippen LogP contribution is -1.91. The van der Waals surface area contributed by atoms with Crippen molar-refractivity contribution in [1.29, 1.82) is 0 Å². The molecule has 0 aliphatic carbocycles. The van der Waals surface area contributed by atoms with Crippen LogP contribution in [-0.4, -0.2) is 6.29 Å². The number of halogens is 1. The number of carbonyl (C=O) groups is 1. The molecule has 1 rings (SSSR count). The summed E-state index contributed by atoms with van der Waals surface area (Å²) in [7, 11) is 0. The van der Waals surface area contributed by atoms with Crippen LogP contribution in [-0.2, 0) is 6.42 Å². The normalized spacial score (nSPS) is 10.0. The molecule has 0 aromatic heterocycles. The third kappa shape index (κ3) is 2.65. The summed E-state index contributed by atoms with van der Waals surface area (Å²) in [6, 6.07) is 4.79. The summed E-state index contributed by atoms with van der Waals surface area (Å²) in [5.74, 6) is -0.413. The Hall–Kier alpha value is -1.18. The Morgan fingerprint density at radius 3 is 2.77 bits per heavy atom. The molecule has 0 saturated heterocycles. The van der Waals surface area contributed by atoms with Crippen LogP contribution in [0.3, 0.4) is 0 Å². The van der Waals surface area contributed by atoms with Crippen molar-refractivity contribution in [3.05, 3.63) is 35.1 Å². The minimum atomic E-state index is -0.413. The number of unbranched alkanes of at least 4 members (excludes halogenated alkanes) is 1. The summed E-state index contributed by atoms with van der Waals surface area (Å²) in [4.78, 5) is 10.3. The SMILES string of the molecule is CCCCc1ccc(C=O)c(F)c1. The van der Waals surface area contributed by atoms with Crippen molar-refractivity contribution in [3.8, 4) is 0 Å². The van der Waals surface area contributed by atoms with Gasteiger partial charge in [-0.1, -0.05) is 19.4 Å². The molecule has 0 amide bonds. The first-order chi connectivity index (χ1) is 6.27. The van der Waals surface area contributed by atoms with Crippen molar-refractivity contribution in [2.45, 2.75) is 26.2 Å². The number of rotatable bonds is 4. The smallest absolute Gasteiger partial charge is 0.152 e. The molecule has 0 spiro atoms. The summed E-state index contributed by atoms with van der Waals surface area (Å²) in [5, 5.41) is 0. The summed E-state index contributed by atoms with van der Waals surface area (Å²) in [6.07, 6.45) is 3.57. The van der Waals surface area contributed by atoms with Gasteiger partial charge in [-0.3, -0.25) is 4.79 Å². The molecule has 0 aliphatic rings. The Bertz CT molecular complexity index is 294. The van der Waals surface area contributed by atoms with E-state index in [4.69, 9.17) is 0 Å². The second-order valence-electron chi connectivity index (χ2n) is 3.08. The van der Waals surface area contributed by atoms with E-state index in [1.54, 1.807) is 0 Å². The van der Waals surface area contributed by atoms with Gasteiger partial charge in [0.2, 0.25) is 0 Å². The molecule has 0 atom stereocenters. The molecule has 70 valence electrons. The second kappa shape index (κ2) is 4.75. The highest BCUT2D eigenvalue weighted by Crippen LogP contribution is 2.10. The summed E-state index contributed by atoms with van der Waals surface area (Å²) in [5.41, 5.74) is 1.10. The number of benzene rings is 1. The van der Waals surface area contributed by atoms with Gasteiger partial charge < -0.3 is 0 Å². The van der Waals surface area contributed by atoms with Crippen LogP contribution in [0.4, 0.5) is 4.39 Å². The fraction of sp³-hybridized carbons (Fsp3) is 0.364. The molecule has 0 radical (unpaired) electrons. The van der Waals surface area contributed by atoms with Crippen molar-refractivity contribution < 1.29 is 9.18 Å². The summed E-state index contributed by atoms with van der Waals surface area (Å²) in [6.45, 7) is 2.09. The van der Waals surface area contributed by atoms with Gasteiger partial charge in [-0.2, -0.15) is 0 Å². The van der Waals surface area contributed by atoms with Gasteiger partial charge in [-0.05, 0) is 30.5 Å². The molecule has 0 aliphatic heterocycles. The number of aldehydes is 1. The summed E-state index contributed by atoms with van der Waals surface area (Å²) >= 11 is 0. The Labute approximate surface area is 77.6 Å². The largest absolute Gasteiger partial charge is 0.298 e. The van der Waals surface area contributed by atoms with Gasteiger partial charge in [0.25, 0.3) is 0 Å². The predicted octanol–water partition coefficient (Wildman–Crippen LogP) is 2.98. The third-order valence-corrected chi connectivity index (χ3v) is 2.01. The van der Waals surface area contributed by atoms with Crippen molar-refractivity contribution in [2.75, 3.05) is 0 Å². The molecule has 1 nitrogen and oxygen atoms in total. The molecule has 0 heterocycles. The van der Waals surface area contributed by atoms with E-state index in [1.807, 2.05) is 6.07 Å². The molecule has 0 N–H and O–H groups in total. The molecular weight excluding hydrogens is 167 g/mol. The van der Waals surface area contributed by atoms with Crippen LogP contribution in [0.2, 0.25) is 0 Å². The van der Waals surface area contributed by atoms with Crippen LogP contribution in [0.15, 0.2) is 18.2 Å². The maximum Gasteiger partial charge on any atom is 0.152 e. The zero-order chi connectivity index (χ0) is 9.68. The van der Waals surface area contributed by atoms with Gasteiger partial charge in [0.05, 0.1) is 5.56 Å². The maximum absolute atomic E-state index is 13.0. The highest BCUT2D eigenvalue weighted by atomic mass is 19.1. The quantitative estimate of drug-likeness (QED) is 0.651. The fourth-order valence-corrected chi connectivity index (χ4v) is 1.20. The maximum atomic E-state index is 13.0. The highest BCUT2D eigenvalue weighted by molar-refractivity contribution is 5.75. The van der Waals surface area contributed by atoms with E-state index >= 15 is 0 Å². The van der Waals surface area contributed by atoms with Gasteiger partial charge in [0.1, 0.15) is 5.82 Å². The third-order valence-electron chi connectivity index (χ3n) is 2.01. The topological polar surface area (TPSA) is 17.1 Å². The van der Waals surface area contributed by atoms with E-state index < -0.39 is 5.82 Å². The van der Waals surface area contributed by atoms with E-state index in [0.717, 1.165) is 24.8 Å². The average Bonchev–Trinajstić information content (AvgIpc) is 2.15. The minimum absolute atomic E-state index is 0.139. The molecule has 0 unspecified atom stereocenters. The lowest BCUT2D eigenvalue weighted by atomic mass is 10.1. The average molecular weight is 180 g/mol. The van der Waals surface area contributed by atoms with Crippen molar-refractivity contribution in [1.82, 2.24) is 0 Å². The van der Waals surface area contributed by atoms with Gasteiger partial charge in [0.15, 0.2) is 6.29 Å². The van der Waals surface area contributed by atoms with Crippen LogP contribution >= 0.6 is 0 Å². The molecule has 13 heavy (non-hydrogen) atoms. The fourth-order valence-electron chi connectivity index (χ4n) is 1.20. The lowest BCUT2D eigenvalue weighted by molar-refractivity contribution is 0.112.